The van der Waals surface area contributed by atoms with Crippen molar-refractivity contribution in [1.29, 1.82) is 0 Å². The lowest BCUT2D eigenvalue weighted by Crippen LogP contribution is -2.09. The monoisotopic (exact) mass is 370 g/mol. The van der Waals surface area contributed by atoms with Crippen molar-refractivity contribution in [2.45, 2.75) is 6.54 Å². The molecule has 4 rings (SSSR count). The second kappa shape index (κ2) is 6.06. The Morgan fingerprint density at radius 1 is 1.00 bits per heavy atom. The zero-order valence-electron chi connectivity index (χ0n) is 12.9. The van der Waals surface area contributed by atoms with Gasteiger partial charge in [-0.05, 0) is 30.3 Å². The van der Waals surface area contributed by atoms with Crippen molar-refractivity contribution in [2.24, 2.45) is 4.99 Å². The van der Waals surface area contributed by atoms with Crippen LogP contribution in [-0.4, -0.2) is 5.71 Å². The molecule has 0 saturated carbocycles. The van der Waals surface area contributed by atoms with E-state index in [1.165, 1.54) is 0 Å². The Labute approximate surface area is 153 Å². The highest BCUT2D eigenvalue weighted by molar-refractivity contribution is 6.36. The second-order valence-corrected chi connectivity index (χ2v) is 6.52. The highest BCUT2D eigenvalue weighted by atomic mass is 35.5. The van der Waals surface area contributed by atoms with E-state index in [9.17, 15) is 4.79 Å². The molecule has 2 N–H and O–H groups in total. The first-order chi connectivity index (χ1) is 12.0. The molecule has 0 fully saturated rings. The van der Waals surface area contributed by atoms with Crippen molar-refractivity contribution in [2.75, 3.05) is 5.73 Å². The summed E-state index contributed by atoms with van der Waals surface area (Å²) in [5, 5.41) is 1.14. The number of halogens is 2. The van der Waals surface area contributed by atoms with E-state index in [1.807, 2.05) is 24.3 Å². The van der Waals surface area contributed by atoms with Gasteiger partial charge in [0.1, 0.15) is 11.4 Å². The minimum absolute atomic E-state index is 0.0608. The number of nitrogens with zero attached hydrogens (tertiary/aromatic N) is 1. The summed E-state index contributed by atoms with van der Waals surface area (Å²) >= 11 is 12.6. The van der Waals surface area contributed by atoms with Crippen LogP contribution in [0.3, 0.4) is 0 Å². The third-order valence-electron chi connectivity index (χ3n) is 4.07. The van der Waals surface area contributed by atoms with Gasteiger partial charge in [-0.2, -0.15) is 0 Å². The number of hydrogen-bond acceptors (Lipinski definition) is 4. The first-order valence-corrected chi connectivity index (χ1v) is 8.32. The van der Waals surface area contributed by atoms with E-state index < -0.39 is 5.63 Å². The van der Waals surface area contributed by atoms with Gasteiger partial charge in [-0.3, -0.25) is 4.99 Å². The molecule has 0 aliphatic carbocycles. The van der Waals surface area contributed by atoms with E-state index in [0.717, 1.165) is 22.3 Å². The molecule has 0 saturated heterocycles. The number of nitrogens with two attached hydrogens (primary N) is 1. The van der Waals surface area contributed by atoms with Gasteiger partial charge in [-0.25, -0.2) is 4.79 Å². The number of benzene rings is 2. The van der Waals surface area contributed by atoms with E-state index >= 15 is 0 Å². The smallest absolute Gasteiger partial charge is 0.359 e. The van der Waals surface area contributed by atoms with E-state index in [4.69, 9.17) is 38.3 Å². The molecule has 0 radical (unpaired) electrons. The summed E-state index contributed by atoms with van der Waals surface area (Å²) < 4.78 is 5.46. The number of fused-ring (bicyclic) bond motifs is 3. The maximum absolute atomic E-state index is 11.9. The van der Waals surface area contributed by atoms with Crippen LogP contribution in [0.5, 0.6) is 0 Å². The van der Waals surface area contributed by atoms with Gasteiger partial charge in [0.2, 0.25) is 0 Å². The van der Waals surface area contributed by atoms with Crippen LogP contribution in [0.25, 0.3) is 11.3 Å². The van der Waals surface area contributed by atoms with Crippen molar-refractivity contribution in [3.63, 3.8) is 0 Å². The van der Waals surface area contributed by atoms with E-state index in [-0.39, 0.29) is 5.69 Å². The van der Waals surface area contributed by atoms with Gasteiger partial charge in [0.15, 0.2) is 0 Å². The van der Waals surface area contributed by atoms with E-state index in [1.54, 1.807) is 24.3 Å². The van der Waals surface area contributed by atoms with E-state index in [2.05, 4.69) is 0 Å². The highest BCUT2D eigenvalue weighted by Gasteiger charge is 2.23. The Bertz CT molecular complexity index is 1090. The van der Waals surface area contributed by atoms with Crippen LogP contribution in [-0.2, 0) is 6.54 Å². The van der Waals surface area contributed by atoms with Crippen molar-refractivity contribution in [3.8, 4) is 11.3 Å². The largest absolute Gasteiger partial charge is 0.421 e. The summed E-state index contributed by atoms with van der Waals surface area (Å²) in [6.45, 7) is 0.316. The lowest BCUT2D eigenvalue weighted by molar-refractivity contribution is 0.523. The predicted octanol–water partition coefficient (Wildman–Crippen LogP) is 4.55. The summed E-state index contributed by atoms with van der Waals surface area (Å²) in [5.41, 5.74) is 8.91. The molecule has 4 nitrogen and oxygen atoms in total. The van der Waals surface area contributed by atoms with E-state index in [0.29, 0.717) is 28.1 Å². The number of anilines is 1. The Kier molecular flexibility index (Phi) is 3.86. The molecule has 0 atom stereocenters. The zero-order valence-corrected chi connectivity index (χ0v) is 14.4. The number of rotatable bonds is 1. The van der Waals surface area contributed by atoms with Gasteiger partial charge >= 0.3 is 5.63 Å². The number of aliphatic imine (C=N–C) groups is 1. The lowest BCUT2D eigenvalue weighted by Gasteiger charge is -2.12. The first-order valence-electron chi connectivity index (χ1n) is 7.57. The van der Waals surface area contributed by atoms with Crippen LogP contribution >= 0.6 is 23.2 Å². The number of hydrogen-bond donors (Lipinski definition) is 1. The summed E-state index contributed by atoms with van der Waals surface area (Å²) in [7, 11) is 0. The minimum Gasteiger partial charge on any atom is -0.421 e. The molecule has 6 heteroatoms. The Morgan fingerprint density at radius 3 is 2.60 bits per heavy atom. The molecule has 2 aromatic carbocycles. The second-order valence-electron chi connectivity index (χ2n) is 5.68. The van der Waals surface area contributed by atoms with Crippen molar-refractivity contribution < 1.29 is 4.42 Å². The molecule has 1 aromatic heterocycles. The molecular formula is C19H12Cl2N2O2. The fourth-order valence-electron chi connectivity index (χ4n) is 2.92. The maximum Gasteiger partial charge on any atom is 0.359 e. The fourth-order valence-corrected chi connectivity index (χ4v) is 3.32. The molecule has 1 aliphatic heterocycles. The summed E-state index contributed by atoms with van der Waals surface area (Å²) in [4.78, 5) is 16.6. The maximum atomic E-state index is 11.9. The van der Waals surface area contributed by atoms with Crippen molar-refractivity contribution in [1.82, 2.24) is 0 Å². The van der Waals surface area contributed by atoms with Gasteiger partial charge in [-0.15, -0.1) is 0 Å². The molecule has 1 aliphatic rings. The molecular weight excluding hydrogens is 359 g/mol. The van der Waals surface area contributed by atoms with Gasteiger partial charge in [0.25, 0.3) is 0 Å². The average molecular weight is 371 g/mol. The van der Waals surface area contributed by atoms with Crippen molar-refractivity contribution >= 4 is 34.6 Å². The molecule has 25 heavy (non-hydrogen) atoms. The number of nitrogen functional groups attached to an aromatic ring is 1. The van der Waals surface area contributed by atoms with Crippen LogP contribution in [0.4, 0.5) is 5.69 Å². The Balaban J connectivity index is 2.04. The molecule has 124 valence electrons. The van der Waals surface area contributed by atoms with Crippen LogP contribution in [0, 0.1) is 0 Å². The fraction of sp³-hybridized carbons (Fsp3) is 0.0526. The zero-order chi connectivity index (χ0) is 17.6. The summed E-state index contributed by atoms with van der Waals surface area (Å²) in [5.74, 6) is 0.455. The quantitative estimate of drug-likeness (QED) is 0.683. The summed E-state index contributed by atoms with van der Waals surface area (Å²) in [6.07, 6.45) is 0. The van der Waals surface area contributed by atoms with Gasteiger partial charge < -0.3 is 10.2 Å². The molecule has 0 unspecified atom stereocenters. The first kappa shape index (κ1) is 15.9. The van der Waals surface area contributed by atoms with Gasteiger partial charge in [0.05, 0.1) is 12.3 Å². The van der Waals surface area contributed by atoms with Crippen LogP contribution in [0.1, 0.15) is 16.7 Å². The highest BCUT2D eigenvalue weighted by Crippen LogP contribution is 2.35. The molecule has 3 aromatic rings. The standard InChI is InChI=1S/C19H12Cl2N2O2/c20-11-5-6-12-14(8-11)17(13-3-1-2-4-15(13)21)23-9-10-7-16(22)19(24)25-18(10)12/h1-8H,9,22H2. The Morgan fingerprint density at radius 2 is 1.80 bits per heavy atom. The van der Waals surface area contributed by atoms with Crippen molar-refractivity contribution in [3.05, 3.63) is 85.7 Å². The topological polar surface area (TPSA) is 68.6 Å². The molecule has 0 bridgehead atoms. The van der Waals surface area contributed by atoms with Crippen LogP contribution < -0.4 is 11.4 Å². The van der Waals surface area contributed by atoms with Crippen LogP contribution in [0.2, 0.25) is 10.0 Å². The SMILES string of the molecule is Nc1cc2c(oc1=O)-c1ccc(Cl)cc1C(c1ccccc1Cl)=NC2. The lowest BCUT2D eigenvalue weighted by atomic mass is 9.95. The van der Waals surface area contributed by atoms with Gasteiger partial charge in [-0.1, -0.05) is 41.4 Å². The molecule has 0 amide bonds. The van der Waals surface area contributed by atoms with Crippen LogP contribution in [0.15, 0.2) is 62.7 Å². The normalized spacial score (nSPS) is 12.8. The predicted molar refractivity (Wildman–Crippen MR) is 101 cm³/mol. The molecule has 0 spiro atoms. The summed E-state index contributed by atoms with van der Waals surface area (Å²) in [6, 6.07) is 14.4. The third-order valence-corrected chi connectivity index (χ3v) is 4.63. The average Bonchev–Trinajstić information content (AvgIpc) is 2.73. The third kappa shape index (κ3) is 2.73. The molecule has 2 heterocycles. The Hall–Kier alpha value is -2.56. The van der Waals surface area contributed by atoms with Gasteiger partial charge in [0, 0.05) is 32.3 Å². The minimum atomic E-state index is -0.569.